The van der Waals surface area contributed by atoms with Crippen molar-refractivity contribution in [2.75, 3.05) is 6.61 Å². The molecule has 0 bridgehead atoms. The van der Waals surface area contributed by atoms with Crippen LogP contribution < -0.4 is 4.74 Å². The second-order valence-corrected chi connectivity index (χ2v) is 6.36. The molecule has 0 N–H and O–H groups in total. The molecule has 1 aromatic rings. The lowest BCUT2D eigenvalue weighted by Crippen LogP contribution is -2.41. The van der Waals surface area contributed by atoms with Gasteiger partial charge in [-0.15, -0.1) is 0 Å². The van der Waals surface area contributed by atoms with Crippen molar-refractivity contribution in [3.63, 3.8) is 0 Å². The largest absolute Gasteiger partial charge is 0.494 e. The van der Waals surface area contributed by atoms with Crippen LogP contribution in [-0.2, 0) is 9.31 Å². The molecule has 0 saturated carbocycles. The standard InChI is InChI=1S/C17H25BO3/c1-16(2)17(3,4)21-18(20-16)13-9-6-10-14-19-15-11-7-5-8-12-15/h5,7-9,11-13H,6,10,14H2,1-4H3/b13-9+. The lowest BCUT2D eigenvalue weighted by atomic mass is 9.89. The van der Waals surface area contributed by atoms with Crippen LogP contribution in [0.2, 0.25) is 0 Å². The molecule has 1 fully saturated rings. The van der Waals surface area contributed by atoms with Crippen LogP contribution in [-0.4, -0.2) is 24.9 Å². The Kier molecular flexibility index (Phi) is 5.12. The molecule has 1 saturated heterocycles. The molecule has 21 heavy (non-hydrogen) atoms. The Bertz CT molecular complexity index is 452. The zero-order valence-electron chi connectivity index (χ0n) is 13.5. The second kappa shape index (κ2) is 6.67. The van der Waals surface area contributed by atoms with Gasteiger partial charge >= 0.3 is 7.12 Å². The maximum absolute atomic E-state index is 5.90. The van der Waals surface area contributed by atoms with Gasteiger partial charge in [-0.1, -0.05) is 30.3 Å². The van der Waals surface area contributed by atoms with Crippen LogP contribution in [0.5, 0.6) is 5.75 Å². The molecule has 0 aromatic heterocycles. The number of unbranched alkanes of at least 4 members (excludes halogenated alkanes) is 1. The van der Waals surface area contributed by atoms with Gasteiger partial charge in [-0.2, -0.15) is 0 Å². The molecule has 0 atom stereocenters. The van der Waals surface area contributed by atoms with E-state index >= 15 is 0 Å². The van der Waals surface area contributed by atoms with Gasteiger partial charge in [0.05, 0.1) is 17.8 Å². The minimum Gasteiger partial charge on any atom is -0.494 e. The highest BCUT2D eigenvalue weighted by Gasteiger charge is 2.49. The van der Waals surface area contributed by atoms with E-state index in [2.05, 4.69) is 33.8 Å². The van der Waals surface area contributed by atoms with E-state index in [4.69, 9.17) is 14.0 Å². The molecule has 0 aliphatic carbocycles. The smallest absolute Gasteiger partial charge is 0.486 e. The Morgan fingerprint density at radius 1 is 1.05 bits per heavy atom. The van der Waals surface area contributed by atoms with E-state index in [0.717, 1.165) is 25.2 Å². The average Bonchev–Trinajstić information content (AvgIpc) is 2.63. The first-order chi connectivity index (χ1) is 9.91. The van der Waals surface area contributed by atoms with Gasteiger partial charge in [-0.3, -0.25) is 0 Å². The molecule has 4 heteroatoms. The van der Waals surface area contributed by atoms with Gasteiger partial charge in [0.2, 0.25) is 0 Å². The predicted octanol–water partition coefficient (Wildman–Crippen LogP) is 4.03. The fourth-order valence-corrected chi connectivity index (χ4v) is 2.08. The Hall–Kier alpha value is -1.26. The molecule has 1 aromatic carbocycles. The molecule has 0 spiro atoms. The van der Waals surface area contributed by atoms with Crippen molar-refractivity contribution in [1.29, 1.82) is 0 Å². The minimum absolute atomic E-state index is 0.245. The molecule has 114 valence electrons. The number of ether oxygens (including phenoxy) is 1. The average molecular weight is 288 g/mol. The summed E-state index contributed by atoms with van der Waals surface area (Å²) in [4.78, 5) is 0. The van der Waals surface area contributed by atoms with Crippen molar-refractivity contribution in [3.8, 4) is 5.75 Å². The summed E-state index contributed by atoms with van der Waals surface area (Å²) in [6.45, 7) is 8.98. The fraction of sp³-hybridized carbons (Fsp3) is 0.529. The molecule has 1 aliphatic rings. The SMILES string of the molecule is CC1(C)OB(/C=C/CCCOc2ccccc2)OC1(C)C. The van der Waals surface area contributed by atoms with Crippen molar-refractivity contribution in [2.24, 2.45) is 0 Å². The third kappa shape index (κ3) is 4.35. The lowest BCUT2D eigenvalue weighted by Gasteiger charge is -2.32. The van der Waals surface area contributed by atoms with Crippen LogP contribution in [0, 0.1) is 0 Å². The van der Waals surface area contributed by atoms with Gasteiger partial charge in [0.25, 0.3) is 0 Å². The lowest BCUT2D eigenvalue weighted by molar-refractivity contribution is 0.00578. The second-order valence-electron chi connectivity index (χ2n) is 6.36. The van der Waals surface area contributed by atoms with E-state index < -0.39 is 0 Å². The summed E-state index contributed by atoms with van der Waals surface area (Å²) in [5.41, 5.74) is -0.531. The summed E-state index contributed by atoms with van der Waals surface area (Å²) >= 11 is 0. The van der Waals surface area contributed by atoms with Gasteiger partial charge in [0, 0.05) is 0 Å². The maximum Gasteiger partial charge on any atom is 0.486 e. The third-order valence-electron chi connectivity index (χ3n) is 4.09. The van der Waals surface area contributed by atoms with Crippen LogP contribution in [0.4, 0.5) is 0 Å². The number of hydrogen-bond donors (Lipinski definition) is 0. The third-order valence-corrected chi connectivity index (χ3v) is 4.09. The zero-order valence-corrected chi connectivity index (χ0v) is 13.5. The molecule has 3 nitrogen and oxygen atoms in total. The highest BCUT2D eigenvalue weighted by Crippen LogP contribution is 2.36. The zero-order chi connectivity index (χ0) is 15.3. The Morgan fingerprint density at radius 3 is 2.29 bits per heavy atom. The number of hydrogen-bond acceptors (Lipinski definition) is 3. The Morgan fingerprint density at radius 2 is 1.67 bits per heavy atom. The number of rotatable bonds is 6. The van der Waals surface area contributed by atoms with Crippen molar-refractivity contribution in [3.05, 3.63) is 42.4 Å². The normalized spacial score (nSPS) is 20.1. The summed E-state index contributed by atoms with van der Waals surface area (Å²) in [5, 5.41) is 0. The topological polar surface area (TPSA) is 27.7 Å². The maximum atomic E-state index is 5.90. The number of allylic oxidation sites excluding steroid dienone is 1. The monoisotopic (exact) mass is 288 g/mol. The Labute approximate surface area is 128 Å². The first kappa shape index (κ1) is 16.1. The van der Waals surface area contributed by atoms with Crippen molar-refractivity contribution in [2.45, 2.75) is 51.7 Å². The Balaban J connectivity index is 1.65. The number of para-hydroxylation sites is 1. The van der Waals surface area contributed by atoms with Crippen LogP contribution >= 0.6 is 0 Å². The van der Waals surface area contributed by atoms with E-state index in [1.54, 1.807) is 0 Å². The quantitative estimate of drug-likeness (QED) is 0.584. The van der Waals surface area contributed by atoms with Crippen LogP contribution in [0.25, 0.3) is 0 Å². The molecular formula is C17H25BO3. The van der Waals surface area contributed by atoms with E-state index in [-0.39, 0.29) is 18.3 Å². The summed E-state index contributed by atoms with van der Waals surface area (Å²) in [6, 6.07) is 9.89. The minimum atomic E-state index is -0.265. The van der Waals surface area contributed by atoms with Gasteiger partial charge in [-0.25, -0.2) is 0 Å². The molecular weight excluding hydrogens is 263 g/mol. The fourth-order valence-electron chi connectivity index (χ4n) is 2.08. The van der Waals surface area contributed by atoms with Crippen LogP contribution in [0.3, 0.4) is 0 Å². The van der Waals surface area contributed by atoms with Crippen molar-refractivity contribution >= 4 is 7.12 Å². The molecule has 0 radical (unpaired) electrons. The van der Waals surface area contributed by atoms with Gasteiger partial charge in [-0.05, 0) is 52.7 Å². The first-order valence-electron chi connectivity index (χ1n) is 7.61. The summed E-state index contributed by atoms with van der Waals surface area (Å²) in [7, 11) is -0.245. The van der Waals surface area contributed by atoms with Gasteiger partial charge < -0.3 is 14.0 Å². The molecule has 2 rings (SSSR count). The van der Waals surface area contributed by atoms with E-state index in [1.165, 1.54) is 0 Å². The van der Waals surface area contributed by atoms with E-state index in [1.807, 2.05) is 36.3 Å². The molecule has 0 unspecified atom stereocenters. The highest BCUT2D eigenvalue weighted by molar-refractivity contribution is 6.51. The van der Waals surface area contributed by atoms with Gasteiger partial charge in [0.15, 0.2) is 0 Å². The summed E-state index contributed by atoms with van der Waals surface area (Å²) < 4.78 is 17.4. The van der Waals surface area contributed by atoms with E-state index in [0.29, 0.717) is 0 Å². The first-order valence-corrected chi connectivity index (χ1v) is 7.61. The molecule has 1 heterocycles. The van der Waals surface area contributed by atoms with Crippen molar-refractivity contribution < 1.29 is 14.0 Å². The van der Waals surface area contributed by atoms with Gasteiger partial charge in [0.1, 0.15) is 5.75 Å². The summed E-state index contributed by atoms with van der Waals surface area (Å²) in [5.74, 6) is 2.92. The summed E-state index contributed by atoms with van der Waals surface area (Å²) in [6.07, 6.45) is 4.04. The van der Waals surface area contributed by atoms with Crippen molar-refractivity contribution in [1.82, 2.24) is 0 Å². The predicted molar refractivity (Wildman–Crippen MR) is 86.4 cm³/mol. The molecule has 0 amide bonds. The highest BCUT2D eigenvalue weighted by atomic mass is 16.7. The number of benzene rings is 1. The van der Waals surface area contributed by atoms with Crippen LogP contribution in [0.15, 0.2) is 42.4 Å². The molecule has 1 aliphatic heterocycles. The van der Waals surface area contributed by atoms with Crippen LogP contribution in [0.1, 0.15) is 40.5 Å². The van der Waals surface area contributed by atoms with E-state index in [9.17, 15) is 0 Å².